The lowest BCUT2D eigenvalue weighted by atomic mass is 9.94. The Balaban J connectivity index is 4.23. The molecule has 1 N–H and O–H groups in total. The average Bonchev–Trinajstić information content (AvgIpc) is 1.65. The third kappa shape index (κ3) is 2.12. The molecular weight excluding hydrogens is 116 g/mol. The van der Waals surface area contributed by atoms with Crippen LogP contribution in [0.15, 0.2) is 0 Å². The topological polar surface area (TPSA) is 67.8 Å². The summed E-state index contributed by atoms with van der Waals surface area (Å²) >= 11 is 0. The van der Waals surface area contributed by atoms with Crippen molar-refractivity contribution < 1.29 is 5.11 Å². The molecule has 0 aromatic carbocycles. The van der Waals surface area contributed by atoms with Gasteiger partial charge in [0.15, 0.2) is 5.92 Å². The van der Waals surface area contributed by atoms with Crippen molar-refractivity contribution in [1.29, 1.82) is 10.5 Å². The van der Waals surface area contributed by atoms with Gasteiger partial charge in [-0.05, 0) is 13.8 Å². The van der Waals surface area contributed by atoms with Gasteiger partial charge in [-0.3, -0.25) is 0 Å². The Kier molecular flexibility index (Phi) is 2.19. The maximum Gasteiger partial charge on any atom is 0.161 e. The van der Waals surface area contributed by atoms with Gasteiger partial charge in [-0.25, -0.2) is 0 Å². The van der Waals surface area contributed by atoms with Crippen LogP contribution in [0, 0.1) is 28.6 Å². The molecule has 3 nitrogen and oxygen atoms in total. The second-order valence-corrected chi connectivity index (χ2v) is 2.34. The molecule has 48 valence electrons. The van der Waals surface area contributed by atoms with Gasteiger partial charge in [0.05, 0.1) is 17.7 Å². The summed E-state index contributed by atoms with van der Waals surface area (Å²) in [6, 6.07) is 3.36. The molecule has 0 saturated carbocycles. The third-order valence-corrected chi connectivity index (χ3v) is 0.965. The van der Waals surface area contributed by atoms with Crippen LogP contribution in [0.3, 0.4) is 0 Å². The van der Waals surface area contributed by atoms with Gasteiger partial charge in [0.2, 0.25) is 0 Å². The Hall–Kier alpha value is -1.06. The van der Waals surface area contributed by atoms with Gasteiger partial charge in [-0.15, -0.1) is 0 Å². The van der Waals surface area contributed by atoms with Crippen molar-refractivity contribution >= 4 is 0 Å². The molecule has 0 fully saturated rings. The average molecular weight is 124 g/mol. The van der Waals surface area contributed by atoms with E-state index in [-0.39, 0.29) is 0 Å². The Labute approximate surface area is 54.1 Å². The minimum Gasteiger partial charge on any atom is -0.388 e. The molecule has 0 bridgehead atoms. The van der Waals surface area contributed by atoms with Crippen LogP contribution >= 0.6 is 0 Å². The van der Waals surface area contributed by atoms with Crippen molar-refractivity contribution in [2.45, 2.75) is 19.4 Å². The molecule has 0 unspecified atom stereocenters. The molecule has 0 aromatic rings. The molecule has 0 aliphatic carbocycles. The molecule has 0 aromatic heterocycles. The van der Waals surface area contributed by atoms with Gasteiger partial charge in [0.1, 0.15) is 0 Å². The van der Waals surface area contributed by atoms with Crippen LogP contribution in [0.25, 0.3) is 0 Å². The van der Waals surface area contributed by atoms with Crippen LogP contribution < -0.4 is 0 Å². The smallest absolute Gasteiger partial charge is 0.161 e. The zero-order valence-corrected chi connectivity index (χ0v) is 5.42. The van der Waals surface area contributed by atoms with Crippen LogP contribution in [-0.2, 0) is 0 Å². The van der Waals surface area contributed by atoms with Crippen LogP contribution in [0.4, 0.5) is 0 Å². The fourth-order valence-corrected chi connectivity index (χ4v) is 0.345. The summed E-state index contributed by atoms with van der Waals surface area (Å²) in [4.78, 5) is 0. The Morgan fingerprint density at radius 3 is 1.67 bits per heavy atom. The summed E-state index contributed by atoms with van der Waals surface area (Å²) < 4.78 is 0. The molecule has 0 aliphatic heterocycles. The zero-order valence-electron chi connectivity index (χ0n) is 5.42. The normalized spacial score (nSPS) is 10.4. The second kappa shape index (κ2) is 2.48. The van der Waals surface area contributed by atoms with E-state index in [0.717, 1.165) is 0 Å². The van der Waals surface area contributed by atoms with E-state index in [1.54, 1.807) is 12.1 Å². The van der Waals surface area contributed by atoms with E-state index in [4.69, 9.17) is 15.6 Å². The molecule has 3 heteroatoms. The highest BCUT2D eigenvalue weighted by molar-refractivity contribution is 5.06. The Bertz CT molecular complexity index is 153. The number of hydrogen-bond acceptors (Lipinski definition) is 3. The lowest BCUT2D eigenvalue weighted by Gasteiger charge is -2.16. The molecule has 0 heterocycles. The number of rotatable bonds is 1. The van der Waals surface area contributed by atoms with E-state index in [2.05, 4.69) is 0 Å². The van der Waals surface area contributed by atoms with E-state index in [1.165, 1.54) is 13.8 Å². The monoisotopic (exact) mass is 124 g/mol. The van der Waals surface area contributed by atoms with Crippen molar-refractivity contribution in [1.82, 2.24) is 0 Å². The van der Waals surface area contributed by atoms with Gasteiger partial charge in [0, 0.05) is 0 Å². The summed E-state index contributed by atoms with van der Waals surface area (Å²) in [7, 11) is 0. The van der Waals surface area contributed by atoms with Crippen molar-refractivity contribution in [3.63, 3.8) is 0 Å². The summed E-state index contributed by atoms with van der Waals surface area (Å²) in [6.45, 7) is 2.87. The maximum atomic E-state index is 9.03. The second-order valence-electron chi connectivity index (χ2n) is 2.34. The van der Waals surface area contributed by atoms with Crippen LogP contribution in [0.1, 0.15) is 13.8 Å². The minimum atomic E-state index is -1.20. The first kappa shape index (κ1) is 7.94. The van der Waals surface area contributed by atoms with Crippen LogP contribution in [0.2, 0.25) is 0 Å². The highest BCUT2D eigenvalue weighted by Gasteiger charge is 2.25. The summed E-state index contributed by atoms with van der Waals surface area (Å²) in [5.41, 5.74) is -1.20. The Morgan fingerprint density at radius 1 is 1.33 bits per heavy atom. The predicted octanol–water partition coefficient (Wildman–Crippen LogP) is 0.421. The zero-order chi connectivity index (χ0) is 7.49. The molecule has 0 aliphatic rings. The largest absolute Gasteiger partial charge is 0.388 e. The standard InChI is InChI=1S/C6H8N2O/c1-6(2,9)5(3-7)4-8/h5,9H,1-2H3. The molecule has 0 saturated heterocycles. The first-order valence-corrected chi connectivity index (χ1v) is 2.54. The summed E-state index contributed by atoms with van der Waals surface area (Å²) in [6.07, 6.45) is 0. The molecule has 0 spiro atoms. The van der Waals surface area contributed by atoms with Gasteiger partial charge >= 0.3 is 0 Å². The van der Waals surface area contributed by atoms with E-state index < -0.39 is 11.5 Å². The van der Waals surface area contributed by atoms with Crippen molar-refractivity contribution in [2.24, 2.45) is 5.92 Å². The van der Waals surface area contributed by atoms with Crippen molar-refractivity contribution in [2.75, 3.05) is 0 Å². The lowest BCUT2D eigenvalue weighted by Crippen LogP contribution is -2.28. The Morgan fingerprint density at radius 2 is 1.67 bits per heavy atom. The van der Waals surface area contributed by atoms with Crippen LogP contribution in [0.5, 0.6) is 0 Å². The highest BCUT2D eigenvalue weighted by atomic mass is 16.3. The molecule has 0 atom stereocenters. The van der Waals surface area contributed by atoms with E-state index >= 15 is 0 Å². The van der Waals surface area contributed by atoms with Crippen molar-refractivity contribution in [3.05, 3.63) is 0 Å². The number of hydrogen-bond donors (Lipinski definition) is 1. The van der Waals surface area contributed by atoms with E-state index in [0.29, 0.717) is 0 Å². The molecule has 0 radical (unpaired) electrons. The van der Waals surface area contributed by atoms with Gasteiger partial charge in [-0.1, -0.05) is 0 Å². The van der Waals surface area contributed by atoms with Crippen molar-refractivity contribution in [3.8, 4) is 12.1 Å². The minimum absolute atomic E-state index is 0.933. The quantitative estimate of drug-likeness (QED) is 0.550. The summed E-state index contributed by atoms with van der Waals surface area (Å²) in [5, 5.41) is 25.5. The van der Waals surface area contributed by atoms with Gasteiger partial charge in [0.25, 0.3) is 0 Å². The van der Waals surface area contributed by atoms with Crippen LogP contribution in [-0.4, -0.2) is 10.7 Å². The summed E-state index contributed by atoms with van der Waals surface area (Å²) in [5.74, 6) is -0.933. The number of nitriles is 2. The van der Waals surface area contributed by atoms with E-state index in [1.807, 2.05) is 0 Å². The maximum absolute atomic E-state index is 9.03. The fraction of sp³-hybridized carbons (Fsp3) is 0.667. The van der Waals surface area contributed by atoms with E-state index in [9.17, 15) is 0 Å². The highest BCUT2D eigenvalue weighted by Crippen LogP contribution is 2.13. The molecular formula is C6H8N2O. The molecule has 0 rings (SSSR count). The van der Waals surface area contributed by atoms with Gasteiger partial charge < -0.3 is 5.11 Å². The SMILES string of the molecule is CC(C)(O)C(C#N)C#N. The first-order chi connectivity index (χ1) is 4.02. The number of nitrogens with zero attached hydrogens (tertiary/aromatic N) is 2. The fourth-order valence-electron chi connectivity index (χ4n) is 0.345. The predicted molar refractivity (Wildman–Crippen MR) is 31.0 cm³/mol. The molecule has 0 amide bonds. The first-order valence-electron chi connectivity index (χ1n) is 2.54. The number of aliphatic hydroxyl groups is 1. The third-order valence-electron chi connectivity index (χ3n) is 0.965. The molecule has 9 heavy (non-hydrogen) atoms. The lowest BCUT2D eigenvalue weighted by molar-refractivity contribution is 0.0596. The van der Waals surface area contributed by atoms with Gasteiger partial charge in [-0.2, -0.15) is 10.5 Å².